The van der Waals surface area contributed by atoms with Gasteiger partial charge in [-0.1, -0.05) is 13.0 Å². The molecule has 1 unspecified atom stereocenters. The zero-order valence-corrected chi connectivity index (χ0v) is 15.0. The topological polar surface area (TPSA) is 52.9 Å². The lowest BCUT2D eigenvalue weighted by Gasteiger charge is -2.42. The summed E-state index contributed by atoms with van der Waals surface area (Å²) in [5.74, 6) is 0.417. The van der Waals surface area contributed by atoms with Crippen molar-refractivity contribution in [3.8, 4) is 28.4 Å². The van der Waals surface area contributed by atoms with E-state index in [1.807, 2.05) is 18.2 Å². The Hall–Kier alpha value is -2.27. The zero-order valence-electron chi connectivity index (χ0n) is 15.0. The van der Waals surface area contributed by atoms with Gasteiger partial charge in [0, 0.05) is 18.2 Å². The van der Waals surface area contributed by atoms with E-state index in [2.05, 4.69) is 11.8 Å². The molecule has 1 atom stereocenters. The largest absolute Gasteiger partial charge is 0.504 e. The van der Waals surface area contributed by atoms with Crippen LogP contribution in [0, 0.1) is 0 Å². The van der Waals surface area contributed by atoms with Crippen LogP contribution < -0.4 is 4.74 Å². The van der Waals surface area contributed by atoms with Gasteiger partial charge in [-0.3, -0.25) is 4.90 Å². The Labute approximate surface area is 152 Å². The second-order valence-corrected chi connectivity index (χ2v) is 7.05. The van der Waals surface area contributed by atoms with Crippen LogP contribution in [0.1, 0.15) is 36.1 Å². The number of phenolic OH excluding ortho intramolecular Hbond substituents is 2. The number of ether oxygens (including phenoxy) is 1. The molecule has 1 heterocycles. The monoisotopic (exact) mass is 357 g/mol. The SMILES string of the molecule is CCCN1CCc2cc(OCCF)cc3c2C1Cc1ccc(O)c(O)c1-3. The standard InChI is InChI=1S/C21H24FNO3/c1-2-7-23-8-5-14-10-15(26-9-6-22)12-16-19(14)17(23)11-13-3-4-18(24)21(25)20(13)16/h3-4,10,12,17,24-25H,2,5-9,11H2,1H3. The highest BCUT2D eigenvalue weighted by atomic mass is 19.1. The maximum absolute atomic E-state index is 12.6. The van der Waals surface area contributed by atoms with Gasteiger partial charge in [-0.2, -0.15) is 0 Å². The molecule has 0 amide bonds. The summed E-state index contributed by atoms with van der Waals surface area (Å²) >= 11 is 0. The fourth-order valence-electron chi connectivity index (χ4n) is 4.42. The minimum Gasteiger partial charge on any atom is -0.504 e. The molecular weight excluding hydrogens is 333 g/mol. The average molecular weight is 357 g/mol. The van der Waals surface area contributed by atoms with Gasteiger partial charge in [-0.05, 0) is 66.3 Å². The maximum atomic E-state index is 12.6. The van der Waals surface area contributed by atoms with E-state index in [9.17, 15) is 14.6 Å². The third-order valence-electron chi connectivity index (χ3n) is 5.46. The summed E-state index contributed by atoms with van der Waals surface area (Å²) in [5, 5.41) is 20.5. The number of fused-ring (bicyclic) bond motifs is 2. The zero-order chi connectivity index (χ0) is 18.3. The number of halogens is 1. The molecule has 0 fully saturated rings. The first-order valence-electron chi connectivity index (χ1n) is 9.27. The van der Waals surface area contributed by atoms with Crippen molar-refractivity contribution in [2.75, 3.05) is 26.4 Å². The van der Waals surface area contributed by atoms with Gasteiger partial charge in [0.25, 0.3) is 0 Å². The molecule has 2 N–H and O–H groups in total. The number of alkyl halides is 1. The molecule has 4 rings (SSSR count). The van der Waals surface area contributed by atoms with E-state index < -0.39 is 6.67 Å². The van der Waals surface area contributed by atoms with Gasteiger partial charge < -0.3 is 14.9 Å². The highest BCUT2D eigenvalue weighted by Crippen LogP contribution is 2.51. The summed E-state index contributed by atoms with van der Waals surface area (Å²) in [5.41, 5.74) is 5.01. The number of hydrogen-bond acceptors (Lipinski definition) is 4. The van der Waals surface area contributed by atoms with Crippen LogP contribution in [0.4, 0.5) is 4.39 Å². The number of rotatable bonds is 5. The van der Waals surface area contributed by atoms with Gasteiger partial charge in [-0.15, -0.1) is 0 Å². The molecule has 5 heteroatoms. The minimum absolute atomic E-state index is 0.0164. The molecule has 4 nitrogen and oxygen atoms in total. The lowest BCUT2D eigenvalue weighted by molar-refractivity contribution is 0.182. The van der Waals surface area contributed by atoms with Crippen LogP contribution in [0.2, 0.25) is 0 Å². The average Bonchev–Trinajstić information content (AvgIpc) is 2.65. The van der Waals surface area contributed by atoms with Crippen molar-refractivity contribution in [1.82, 2.24) is 4.90 Å². The maximum Gasteiger partial charge on any atom is 0.165 e. The summed E-state index contributed by atoms with van der Waals surface area (Å²) in [4.78, 5) is 2.50. The Bertz CT molecular complexity index is 836. The molecule has 0 saturated heterocycles. The van der Waals surface area contributed by atoms with Gasteiger partial charge >= 0.3 is 0 Å². The van der Waals surface area contributed by atoms with Crippen molar-refractivity contribution >= 4 is 0 Å². The van der Waals surface area contributed by atoms with Crippen LogP contribution in [-0.2, 0) is 12.8 Å². The third kappa shape index (κ3) is 2.71. The summed E-state index contributed by atoms with van der Waals surface area (Å²) in [7, 11) is 0. The number of hydrogen-bond donors (Lipinski definition) is 2. The van der Waals surface area contributed by atoms with E-state index in [1.54, 1.807) is 6.07 Å². The Kier molecular flexibility index (Phi) is 4.49. The van der Waals surface area contributed by atoms with Gasteiger partial charge in [0.1, 0.15) is 19.0 Å². The molecule has 0 spiro atoms. The second kappa shape index (κ2) is 6.80. The smallest absolute Gasteiger partial charge is 0.165 e. The normalized spacial score (nSPS) is 18.3. The van der Waals surface area contributed by atoms with Crippen molar-refractivity contribution in [3.05, 3.63) is 41.0 Å². The van der Waals surface area contributed by atoms with Gasteiger partial charge in [0.05, 0.1) is 0 Å². The van der Waals surface area contributed by atoms with Crippen LogP contribution in [-0.4, -0.2) is 41.5 Å². The van der Waals surface area contributed by atoms with Crippen molar-refractivity contribution < 1.29 is 19.3 Å². The van der Waals surface area contributed by atoms with Crippen LogP contribution in [0.15, 0.2) is 24.3 Å². The van der Waals surface area contributed by atoms with Crippen LogP contribution >= 0.6 is 0 Å². The predicted octanol–water partition coefficient (Wildman–Crippen LogP) is 3.98. The molecule has 138 valence electrons. The Balaban J connectivity index is 1.91. The van der Waals surface area contributed by atoms with Crippen molar-refractivity contribution in [2.45, 2.75) is 32.2 Å². The van der Waals surface area contributed by atoms with Crippen molar-refractivity contribution in [1.29, 1.82) is 0 Å². The summed E-state index contributed by atoms with van der Waals surface area (Å²) in [6, 6.07) is 7.60. The molecule has 2 aliphatic rings. The highest BCUT2D eigenvalue weighted by Gasteiger charge is 2.36. The van der Waals surface area contributed by atoms with Crippen molar-refractivity contribution in [3.63, 3.8) is 0 Å². The molecule has 1 aliphatic carbocycles. The van der Waals surface area contributed by atoms with E-state index in [0.717, 1.165) is 43.5 Å². The molecule has 26 heavy (non-hydrogen) atoms. The van der Waals surface area contributed by atoms with Gasteiger partial charge in [-0.25, -0.2) is 4.39 Å². The molecule has 1 aliphatic heterocycles. The lowest BCUT2D eigenvalue weighted by Crippen LogP contribution is -2.38. The fraction of sp³-hybridized carbons (Fsp3) is 0.429. The number of aromatic hydroxyl groups is 2. The fourth-order valence-corrected chi connectivity index (χ4v) is 4.42. The number of nitrogens with zero attached hydrogens (tertiary/aromatic N) is 1. The van der Waals surface area contributed by atoms with E-state index >= 15 is 0 Å². The third-order valence-corrected chi connectivity index (χ3v) is 5.46. The molecule has 0 radical (unpaired) electrons. The Morgan fingerprint density at radius 1 is 1.23 bits per heavy atom. The first-order chi connectivity index (χ1) is 12.6. The summed E-state index contributed by atoms with van der Waals surface area (Å²) < 4.78 is 18.1. The quantitative estimate of drug-likeness (QED) is 0.795. The highest BCUT2D eigenvalue weighted by molar-refractivity contribution is 5.83. The molecule has 0 saturated carbocycles. The molecule has 0 bridgehead atoms. The molecule has 2 aromatic carbocycles. The van der Waals surface area contributed by atoms with Gasteiger partial charge in [0.2, 0.25) is 0 Å². The van der Waals surface area contributed by atoms with Crippen LogP contribution in [0.3, 0.4) is 0 Å². The summed E-state index contributed by atoms with van der Waals surface area (Å²) in [6.45, 7) is 3.68. The van der Waals surface area contributed by atoms with E-state index in [1.165, 1.54) is 11.1 Å². The van der Waals surface area contributed by atoms with E-state index in [4.69, 9.17) is 4.74 Å². The van der Waals surface area contributed by atoms with E-state index in [0.29, 0.717) is 11.3 Å². The predicted molar refractivity (Wildman–Crippen MR) is 98.7 cm³/mol. The molecular formula is C21H24FNO3. The lowest BCUT2D eigenvalue weighted by atomic mass is 9.76. The second-order valence-electron chi connectivity index (χ2n) is 7.05. The van der Waals surface area contributed by atoms with E-state index in [-0.39, 0.29) is 24.1 Å². The van der Waals surface area contributed by atoms with Crippen LogP contribution in [0.5, 0.6) is 17.2 Å². The molecule has 0 aromatic heterocycles. The van der Waals surface area contributed by atoms with Crippen LogP contribution in [0.25, 0.3) is 11.1 Å². The Morgan fingerprint density at radius 2 is 2.08 bits per heavy atom. The molecule has 2 aromatic rings. The minimum atomic E-state index is -0.540. The summed E-state index contributed by atoms with van der Waals surface area (Å²) in [6.07, 6.45) is 2.81. The number of phenols is 2. The first-order valence-corrected chi connectivity index (χ1v) is 9.27. The van der Waals surface area contributed by atoms with Crippen molar-refractivity contribution in [2.24, 2.45) is 0 Å². The first kappa shape index (κ1) is 17.2. The van der Waals surface area contributed by atoms with Gasteiger partial charge in [0.15, 0.2) is 11.5 Å². The number of benzene rings is 2. The Morgan fingerprint density at radius 3 is 2.85 bits per heavy atom.